The van der Waals surface area contributed by atoms with Crippen LogP contribution in [0.25, 0.3) is 0 Å². The molecule has 0 radical (unpaired) electrons. The van der Waals surface area contributed by atoms with E-state index in [9.17, 15) is 4.39 Å². The Morgan fingerprint density at radius 1 is 1.50 bits per heavy atom. The van der Waals surface area contributed by atoms with Gasteiger partial charge in [-0.15, -0.1) is 11.6 Å². The number of alkyl halides is 1. The minimum atomic E-state index is -0.224. The monoisotopic (exact) mass is 306 g/mol. The standard InChI is InChI=1S/C12H13BrClFO/c13-11-5-10(15)2-1-9(11)6-12(7-14)3-4-16-8-12/h1-2,5H,3-4,6-8H2. The van der Waals surface area contributed by atoms with E-state index in [4.69, 9.17) is 16.3 Å². The number of ether oxygens (including phenoxy) is 1. The Morgan fingerprint density at radius 2 is 2.31 bits per heavy atom. The van der Waals surface area contributed by atoms with Crippen molar-refractivity contribution in [2.75, 3.05) is 19.1 Å². The van der Waals surface area contributed by atoms with E-state index in [2.05, 4.69) is 15.9 Å². The number of rotatable bonds is 3. The molecule has 2 rings (SSSR count). The maximum Gasteiger partial charge on any atom is 0.124 e. The van der Waals surface area contributed by atoms with Crippen LogP contribution in [-0.2, 0) is 11.2 Å². The lowest BCUT2D eigenvalue weighted by Crippen LogP contribution is -2.26. The molecule has 1 fully saturated rings. The second-order valence-corrected chi connectivity index (χ2v) is 5.47. The van der Waals surface area contributed by atoms with Crippen molar-refractivity contribution in [3.8, 4) is 0 Å². The van der Waals surface area contributed by atoms with Crippen molar-refractivity contribution in [2.45, 2.75) is 12.8 Å². The van der Waals surface area contributed by atoms with Gasteiger partial charge in [0, 0.05) is 22.4 Å². The highest BCUT2D eigenvalue weighted by molar-refractivity contribution is 9.10. The first-order valence-corrected chi connectivity index (χ1v) is 6.56. The highest BCUT2D eigenvalue weighted by Gasteiger charge is 2.34. The van der Waals surface area contributed by atoms with Crippen LogP contribution in [-0.4, -0.2) is 19.1 Å². The summed E-state index contributed by atoms with van der Waals surface area (Å²) in [5, 5.41) is 0. The Hall–Kier alpha value is -0.120. The fraction of sp³-hybridized carbons (Fsp3) is 0.500. The summed E-state index contributed by atoms with van der Waals surface area (Å²) in [5.74, 6) is 0.356. The SMILES string of the molecule is Fc1ccc(CC2(CCl)CCOC2)c(Br)c1. The van der Waals surface area contributed by atoms with E-state index in [0.29, 0.717) is 12.5 Å². The molecule has 1 heterocycles. The number of hydrogen-bond donors (Lipinski definition) is 0. The molecule has 1 aromatic carbocycles. The van der Waals surface area contributed by atoms with Gasteiger partial charge in [0.15, 0.2) is 0 Å². The van der Waals surface area contributed by atoms with E-state index < -0.39 is 0 Å². The third-order valence-corrected chi connectivity index (χ3v) is 4.35. The maximum atomic E-state index is 13.0. The molecule has 0 aliphatic carbocycles. The molecule has 0 N–H and O–H groups in total. The summed E-state index contributed by atoms with van der Waals surface area (Å²) < 4.78 is 19.2. The van der Waals surface area contributed by atoms with Crippen molar-refractivity contribution in [3.05, 3.63) is 34.1 Å². The third-order valence-electron chi connectivity index (χ3n) is 3.05. The smallest absolute Gasteiger partial charge is 0.124 e. The quantitative estimate of drug-likeness (QED) is 0.772. The molecule has 0 saturated carbocycles. The van der Waals surface area contributed by atoms with Gasteiger partial charge in [-0.05, 0) is 30.5 Å². The molecule has 0 aromatic heterocycles. The van der Waals surface area contributed by atoms with E-state index in [1.54, 1.807) is 0 Å². The van der Waals surface area contributed by atoms with Gasteiger partial charge >= 0.3 is 0 Å². The first-order valence-electron chi connectivity index (χ1n) is 5.23. The third kappa shape index (κ3) is 2.58. The van der Waals surface area contributed by atoms with E-state index in [-0.39, 0.29) is 11.2 Å². The molecule has 88 valence electrons. The van der Waals surface area contributed by atoms with Gasteiger partial charge in [-0.3, -0.25) is 0 Å². The summed E-state index contributed by atoms with van der Waals surface area (Å²) in [6.07, 6.45) is 1.80. The van der Waals surface area contributed by atoms with Crippen molar-refractivity contribution >= 4 is 27.5 Å². The zero-order valence-corrected chi connectivity index (χ0v) is 11.2. The van der Waals surface area contributed by atoms with Crippen molar-refractivity contribution in [3.63, 3.8) is 0 Å². The lowest BCUT2D eigenvalue weighted by Gasteiger charge is -2.25. The molecule has 1 saturated heterocycles. The summed E-state index contributed by atoms with van der Waals surface area (Å²) in [6, 6.07) is 4.79. The van der Waals surface area contributed by atoms with E-state index in [1.807, 2.05) is 6.07 Å². The lowest BCUT2D eigenvalue weighted by molar-refractivity contribution is 0.161. The number of halogens is 3. The summed E-state index contributed by atoms with van der Waals surface area (Å²) in [6.45, 7) is 1.46. The zero-order valence-electron chi connectivity index (χ0n) is 8.81. The highest BCUT2D eigenvalue weighted by atomic mass is 79.9. The molecule has 1 aromatic rings. The first-order chi connectivity index (χ1) is 7.65. The van der Waals surface area contributed by atoms with Gasteiger partial charge in [-0.2, -0.15) is 0 Å². The van der Waals surface area contributed by atoms with Crippen LogP contribution in [0.2, 0.25) is 0 Å². The Kier molecular flexibility index (Phi) is 3.88. The fourth-order valence-electron chi connectivity index (χ4n) is 2.01. The number of hydrogen-bond acceptors (Lipinski definition) is 1. The normalized spacial score (nSPS) is 24.9. The molecule has 1 aliphatic rings. The Bertz CT molecular complexity index is 377. The molecule has 0 amide bonds. The van der Waals surface area contributed by atoms with Crippen LogP contribution >= 0.6 is 27.5 Å². The van der Waals surface area contributed by atoms with E-state index >= 15 is 0 Å². The van der Waals surface area contributed by atoms with Crippen LogP contribution in [0.1, 0.15) is 12.0 Å². The summed E-state index contributed by atoms with van der Waals surface area (Å²) in [7, 11) is 0. The highest BCUT2D eigenvalue weighted by Crippen LogP contribution is 2.35. The minimum absolute atomic E-state index is 0.0158. The summed E-state index contributed by atoms with van der Waals surface area (Å²) in [4.78, 5) is 0. The zero-order chi connectivity index (χ0) is 11.6. The summed E-state index contributed by atoms with van der Waals surface area (Å²) >= 11 is 9.41. The summed E-state index contributed by atoms with van der Waals surface area (Å²) in [5.41, 5.74) is 1.11. The predicted octanol–water partition coefficient (Wildman–Crippen LogP) is 3.78. The molecule has 0 spiro atoms. The van der Waals surface area contributed by atoms with Gasteiger partial charge in [-0.1, -0.05) is 22.0 Å². The maximum absolute atomic E-state index is 13.0. The molecule has 1 unspecified atom stereocenters. The molecule has 0 bridgehead atoms. The Morgan fingerprint density at radius 3 is 2.88 bits per heavy atom. The topological polar surface area (TPSA) is 9.23 Å². The first kappa shape index (κ1) is 12.3. The molecule has 1 atom stereocenters. The second-order valence-electron chi connectivity index (χ2n) is 4.35. The fourth-order valence-corrected chi connectivity index (χ4v) is 2.81. The molecule has 16 heavy (non-hydrogen) atoms. The van der Waals surface area contributed by atoms with Crippen LogP contribution in [0.15, 0.2) is 22.7 Å². The van der Waals surface area contributed by atoms with Crippen LogP contribution in [0.5, 0.6) is 0 Å². The second kappa shape index (κ2) is 5.03. The van der Waals surface area contributed by atoms with E-state index in [0.717, 1.165) is 29.5 Å². The molecule has 1 aliphatic heterocycles. The van der Waals surface area contributed by atoms with Gasteiger partial charge in [0.2, 0.25) is 0 Å². The van der Waals surface area contributed by atoms with Crippen molar-refractivity contribution in [1.29, 1.82) is 0 Å². The molecular formula is C12H13BrClFO. The molecular weight excluding hydrogens is 294 g/mol. The van der Waals surface area contributed by atoms with Crippen molar-refractivity contribution in [2.24, 2.45) is 5.41 Å². The average molecular weight is 308 g/mol. The van der Waals surface area contributed by atoms with Crippen LogP contribution in [0, 0.1) is 11.2 Å². The largest absolute Gasteiger partial charge is 0.381 e. The van der Waals surface area contributed by atoms with Crippen molar-refractivity contribution < 1.29 is 9.13 Å². The van der Waals surface area contributed by atoms with E-state index in [1.165, 1.54) is 12.1 Å². The molecule has 4 heteroatoms. The van der Waals surface area contributed by atoms with Crippen molar-refractivity contribution in [1.82, 2.24) is 0 Å². The van der Waals surface area contributed by atoms with Gasteiger partial charge < -0.3 is 4.74 Å². The van der Waals surface area contributed by atoms with Crippen LogP contribution in [0.3, 0.4) is 0 Å². The lowest BCUT2D eigenvalue weighted by atomic mass is 9.83. The Labute approximate surface area is 108 Å². The van der Waals surface area contributed by atoms with Crippen LogP contribution < -0.4 is 0 Å². The van der Waals surface area contributed by atoms with Gasteiger partial charge in [-0.25, -0.2) is 4.39 Å². The minimum Gasteiger partial charge on any atom is -0.381 e. The van der Waals surface area contributed by atoms with Gasteiger partial charge in [0.05, 0.1) is 6.61 Å². The van der Waals surface area contributed by atoms with Crippen LogP contribution in [0.4, 0.5) is 4.39 Å². The average Bonchev–Trinajstić information content (AvgIpc) is 2.72. The van der Waals surface area contributed by atoms with Gasteiger partial charge in [0.1, 0.15) is 5.82 Å². The Balaban J connectivity index is 2.19. The number of benzene rings is 1. The van der Waals surface area contributed by atoms with Gasteiger partial charge in [0.25, 0.3) is 0 Å². The predicted molar refractivity (Wildman–Crippen MR) is 66.4 cm³/mol. The molecule has 1 nitrogen and oxygen atoms in total.